The number of benzene rings is 2. The molecule has 1 fully saturated rings. The van der Waals surface area contributed by atoms with Crippen molar-refractivity contribution in [2.75, 3.05) is 11.4 Å². The smallest absolute Gasteiger partial charge is 0.368 e. The molecule has 1 heterocycles. The minimum atomic E-state index is -4.38. The second-order valence-corrected chi connectivity index (χ2v) is 6.13. The second-order valence-electron chi connectivity index (χ2n) is 6.13. The second kappa shape index (κ2) is 7.12. The summed E-state index contributed by atoms with van der Waals surface area (Å²) in [6, 6.07) is 11.9. The molecule has 134 valence electrons. The van der Waals surface area contributed by atoms with Gasteiger partial charge in [-0.2, -0.15) is 13.2 Å². The summed E-state index contributed by atoms with van der Waals surface area (Å²) in [6.07, 6.45) is -2.73. The third kappa shape index (κ3) is 3.99. The number of hydrogen-bond acceptors (Lipinski definition) is 2. The molecule has 0 saturated carbocycles. The number of anilines is 1. The molecule has 0 radical (unpaired) electrons. The quantitative estimate of drug-likeness (QED) is 0.835. The maximum absolute atomic E-state index is 12.7. The largest absolute Gasteiger partial charge is 0.416 e. The topological polar surface area (TPSA) is 46.3 Å². The minimum absolute atomic E-state index is 0.294. The van der Waals surface area contributed by atoms with Crippen LogP contribution in [0.4, 0.5) is 18.9 Å². The third-order valence-corrected chi connectivity index (χ3v) is 4.32. The van der Waals surface area contributed by atoms with E-state index < -0.39 is 11.7 Å². The molecule has 26 heavy (non-hydrogen) atoms. The highest BCUT2D eigenvalue weighted by atomic mass is 19.4. The van der Waals surface area contributed by atoms with Crippen molar-refractivity contribution in [2.24, 2.45) is 5.73 Å². The van der Waals surface area contributed by atoms with Crippen molar-refractivity contribution in [1.29, 1.82) is 0 Å². The van der Waals surface area contributed by atoms with Crippen molar-refractivity contribution in [3.05, 3.63) is 65.2 Å². The number of halogens is 3. The highest BCUT2D eigenvalue weighted by Gasteiger charge is 2.30. The van der Waals surface area contributed by atoms with Gasteiger partial charge < -0.3 is 10.6 Å². The van der Waals surface area contributed by atoms with Crippen molar-refractivity contribution in [3.8, 4) is 11.8 Å². The summed E-state index contributed by atoms with van der Waals surface area (Å²) in [5.41, 5.74) is 6.58. The number of nitrogens with two attached hydrogens (primary N) is 1. The van der Waals surface area contributed by atoms with Crippen molar-refractivity contribution < 1.29 is 18.0 Å². The van der Waals surface area contributed by atoms with Gasteiger partial charge in [-0.15, -0.1) is 0 Å². The van der Waals surface area contributed by atoms with Crippen molar-refractivity contribution in [2.45, 2.75) is 25.1 Å². The van der Waals surface area contributed by atoms with Crippen LogP contribution >= 0.6 is 0 Å². The Morgan fingerprint density at radius 2 is 1.77 bits per heavy atom. The lowest BCUT2D eigenvalue weighted by molar-refractivity contribution is -0.137. The predicted octanol–water partition coefficient (Wildman–Crippen LogP) is 3.56. The molecule has 1 amide bonds. The number of primary amides is 1. The zero-order valence-electron chi connectivity index (χ0n) is 13.9. The van der Waals surface area contributed by atoms with Crippen LogP contribution in [0.15, 0.2) is 48.5 Å². The zero-order chi connectivity index (χ0) is 18.7. The Kier molecular flexibility index (Phi) is 4.90. The SMILES string of the molecule is NC(=O)[C@H]1CCCN1c1ccc(C#Cc2cccc(C(F)(F)F)c2)cc1. The summed E-state index contributed by atoms with van der Waals surface area (Å²) >= 11 is 0. The van der Waals surface area contributed by atoms with Gasteiger partial charge in [0.2, 0.25) is 5.91 Å². The molecule has 2 aromatic carbocycles. The van der Waals surface area contributed by atoms with Crippen LogP contribution in [0.5, 0.6) is 0 Å². The Morgan fingerprint density at radius 1 is 1.08 bits per heavy atom. The van der Waals surface area contributed by atoms with E-state index in [2.05, 4.69) is 11.8 Å². The first-order valence-corrected chi connectivity index (χ1v) is 8.20. The third-order valence-electron chi connectivity index (χ3n) is 4.32. The Hall–Kier alpha value is -2.94. The fourth-order valence-corrected chi connectivity index (χ4v) is 3.03. The first kappa shape index (κ1) is 17.9. The Bertz CT molecular complexity index is 863. The van der Waals surface area contributed by atoms with E-state index in [1.54, 1.807) is 12.1 Å². The van der Waals surface area contributed by atoms with E-state index in [1.165, 1.54) is 12.1 Å². The highest BCUT2D eigenvalue weighted by molar-refractivity contribution is 5.84. The first-order chi connectivity index (χ1) is 12.3. The molecule has 1 atom stereocenters. The van der Waals surface area contributed by atoms with Crippen molar-refractivity contribution >= 4 is 11.6 Å². The fourth-order valence-electron chi connectivity index (χ4n) is 3.03. The van der Waals surface area contributed by atoms with Crippen LogP contribution in [-0.2, 0) is 11.0 Å². The number of carbonyl (C=O) groups excluding carboxylic acids is 1. The average Bonchev–Trinajstić information content (AvgIpc) is 3.10. The summed E-state index contributed by atoms with van der Waals surface area (Å²) in [5, 5.41) is 0. The summed E-state index contributed by atoms with van der Waals surface area (Å²) in [6.45, 7) is 0.767. The molecule has 0 aliphatic carbocycles. The molecule has 2 N–H and O–H groups in total. The molecule has 1 aliphatic rings. The Labute approximate surface area is 149 Å². The molecule has 0 unspecified atom stereocenters. The monoisotopic (exact) mass is 358 g/mol. The molecule has 2 aromatic rings. The van der Waals surface area contributed by atoms with Gasteiger partial charge in [-0.25, -0.2) is 0 Å². The summed E-state index contributed by atoms with van der Waals surface area (Å²) < 4.78 is 38.2. The van der Waals surface area contributed by atoms with E-state index >= 15 is 0 Å². The standard InChI is InChI=1S/C20H17F3N2O/c21-20(22,23)16-4-1-3-15(13-16)7-6-14-8-10-17(11-9-14)25-12-2-5-18(25)19(24)26/h1,3-4,8-11,13,18H,2,5,12H2,(H2,24,26)/t18-/m1/s1. The van der Waals surface area contributed by atoms with Crippen LogP contribution in [0.3, 0.4) is 0 Å². The maximum atomic E-state index is 12.7. The van der Waals surface area contributed by atoms with Gasteiger partial charge in [0, 0.05) is 23.4 Å². The van der Waals surface area contributed by atoms with Gasteiger partial charge in [0.05, 0.1) is 5.56 Å². The van der Waals surface area contributed by atoms with Gasteiger partial charge in [-0.3, -0.25) is 4.79 Å². The molecular formula is C20H17F3N2O. The van der Waals surface area contributed by atoms with E-state index in [0.717, 1.165) is 37.2 Å². The molecule has 1 saturated heterocycles. The van der Waals surface area contributed by atoms with Crippen molar-refractivity contribution in [1.82, 2.24) is 0 Å². The lowest BCUT2D eigenvalue weighted by Crippen LogP contribution is -2.40. The predicted molar refractivity (Wildman–Crippen MR) is 93.4 cm³/mol. The lowest BCUT2D eigenvalue weighted by atomic mass is 10.1. The number of carbonyl (C=O) groups is 1. The zero-order valence-corrected chi connectivity index (χ0v) is 13.9. The number of hydrogen-bond donors (Lipinski definition) is 1. The number of amides is 1. The Morgan fingerprint density at radius 3 is 2.42 bits per heavy atom. The van der Waals surface area contributed by atoms with E-state index in [1.807, 2.05) is 17.0 Å². The summed E-state index contributed by atoms with van der Waals surface area (Å²) in [5.74, 6) is 5.28. The summed E-state index contributed by atoms with van der Waals surface area (Å²) in [7, 11) is 0. The highest BCUT2D eigenvalue weighted by Crippen LogP contribution is 2.29. The molecule has 3 nitrogen and oxygen atoms in total. The Balaban J connectivity index is 1.77. The number of rotatable bonds is 2. The molecule has 1 aliphatic heterocycles. The van der Waals surface area contributed by atoms with Gasteiger partial charge in [0.15, 0.2) is 0 Å². The van der Waals surface area contributed by atoms with Gasteiger partial charge >= 0.3 is 6.18 Å². The van der Waals surface area contributed by atoms with Crippen LogP contribution in [0.2, 0.25) is 0 Å². The van der Waals surface area contributed by atoms with E-state index in [9.17, 15) is 18.0 Å². The van der Waals surface area contributed by atoms with Crippen LogP contribution in [0.1, 0.15) is 29.5 Å². The molecule has 6 heteroatoms. The molecule has 0 bridgehead atoms. The van der Waals surface area contributed by atoms with Crippen LogP contribution in [0, 0.1) is 11.8 Å². The van der Waals surface area contributed by atoms with Gasteiger partial charge in [0.25, 0.3) is 0 Å². The fraction of sp³-hybridized carbons (Fsp3) is 0.250. The molecule has 0 aromatic heterocycles. The first-order valence-electron chi connectivity index (χ1n) is 8.20. The average molecular weight is 358 g/mol. The van der Waals surface area contributed by atoms with Crippen LogP contribution in [-0.4, -0.2) is 18.5 Å². The van der Waals surface area contributed by atoms with E-state index in [4.69, 9.17) is 5.73 Å². The van der Waals surface area contributed by atoms with Crippen LogP contribution in [0.25, 0.3) is 0 Å². The number of nitrogens with zero attached hydrogens (tertiary/aromatic N) is 1. The maximum Gasteiger partial charge on any atom is 0.416 e. The normalized spacial score (nSPS) is 16.9. The summed E-state index contributed by atoms with van der Waals surface area (Å²) in [4.78, 5) is 13.5. The lowest BCUT2D eigenvalue weighted by Gasteiger charge is -2.24. The van der Waals surface area contributed by atoms with Gasteiger partial charge in [-0.05, 0) is 55.3 Å². The van der Waals surface area contributed by atoms with Gasteiger partial charge in [-0.1, -0.05) is 17.9 Å². The van der Waals surface area contributed by atoms with Gasteiger partial charge in [0.1, 0.15) is 6.04 Å². The van der Waals surface area contributed by atoms with Crippen LogP contribution < -0.4 is 10.6 Å². The minimum Gasteiger partial charge on any atom is -0.368 e. The van der Waals surface area contributed by atoms with E-state index in [0.29, 0.717) is 11.1 Å². The number of alkyl halides is 3. The molecule has 3 rings (SSSR count). The van der Waals surface area contributed by atoms with E-state index in [-0.39, 0.29) is 11.9 Å². The van der Waals surface area contributed by atoms with Crippen molar-refractivity contribution in [3.63, 3.8) is 0 Å². The molecule has 0 spiro atoms. The molecular weight excluding hydrogens is 341 g/mol.